The number of rotatable bonds is 3. The minimum absolute atomic E-state index is 0.105. The number of carbonyl (C=O) groups excluding carboxylic acids is 1. The fourth-order valence-corrected chi connectivity index (χ4v) is 2.00. The molecule has 17 heavy (non-hydrogen) atoms. The van der Waals surface area contributed by atoms with Gasteiger partial charge in [0.05, 0.1) is 12.3 Å². The van der Waals surface area contributed by atoms with Gasteiger partial charge in [-0.05, 0) is 25.5 Å². The van der Waals surface area contributed by atoms with Crippen LogP contribution in [-0.4, -0.2) is 19.1 Å². The van der Waals surface area contributed by atoms with Crippen molar-refractivity contribution in [3.05, 3.63) is 36.4 Å². The summed E-state index contributed by atoms with van der Waals surface area (Å²) in [5.41, 5.74) is 1.88. The predicted molar refractivity (Wildman–Crippen MR) is 68.3 cm³/mol. The summed E-state index contributed by atoms with van der Waals surface area (Å²) in [4.78, 5) is 13.8. The van der Waals surface area contributed by atoms with Crippen molar-refractivity contribution in [1.82, 2.24) is 0 Å². The maximum Gasteiger partial charge on any atom is 0.231 e. The summed E-state index contributed by atoms with van der Waals surface area (Å²) < 4.78 is 5.55. The Hall–Kier alpha value is -1.77. The van der Waals surface area contributed by atoms with Gasteiger partial charge in [-0.2, -0.15) is 0 Å². The van der Waals surface area contributed by atoms with Crippen LogP contribution < -0.4 is 9.64 Å². The van der Waals surface area contributed by atoms with Crippen molar-refractivity contribution in [2.45, 2.75) is 19.8 Å². The zero-order valence-electron chi connectivity index (χ0n) is 10.1. The van der Waals surface area contributed by atoms with Crippen LogP contribution >= 0.6 is 0 Å². The van der Waals surface area contributed by atoms with Gasteiger partial charge in [0.2, 0.25) is 5.91 Å². The molecule has 0 bridgehead atoms. The van der Waals surface area contributed by atoms with Crippen molar-refractivity contribution in [2.75, 3.05) is 18.1 Å². The molecule has 1 saturated heterocycles. The van der Waals surface area contributed by atoms with Crippen LogP contribution in [0.3, 0.4) is 0 Å². The number of carbonyl (C=O) groups is 1. The molecule has 2 rings (SSSR count). The van der Waals surface area contributed by atoms with E-state index in [2.05, 4.69) is 6.58 Å². The van der Waals surface area contributed by atoms with Gasteiger partial charge in [-0.15, -0.1) is 0 Å². The summed E-state index contributed by atoms with van der Waals surface area (Å²) in [5.74, 6) is 0.879. The fourth-order valence-electron chi connectivity index (χ4n) is 2.00. The first kappa shape index (κ1) is 11.7. The van der Waals surface area contributed by atoms with E-state index >= 15 is 0 Å². The zero-order valence-corrected chi connectivity index (χ0v) is 10.1. The first-order chi connectivity index (χ1) is 8.22. The molecule has 0 saturated carbocycles. The largest absolute Gasteiger partial charge is 0.492 e. The Morgan fingerprint density at radius 3 is 2.88 bits per heavy atom. The number of anilines is 1. The zero-order chi connectivity index (χ0) is 12.3. The monoisotopic (exact) mass is 231 g/mol. The summed E-state index contributed by atoms with van der Waals surface area (Å²) in [5, 5.41) is 0. The van der Waals surface area contributed by atoms with Crippen molar-refractivity contribution in [3.8, 4) is 5.75 Å². The molecule has 1 aliphatic heterocycles. The average Bonchev–Trinajstić information content (AvgIpc) is 2.31. The van der Waals surface area contributed by atoms with Crippen molar-refractivity contribution >= 4 is 11.6 Å². The highest BCUT2D eigenvalue weighted by atomic mass is 16.5. The Morgan fingerprint density at radius 2 is 2.18 bits per heavy atom. The lowest BCUT2D eigenvalue weighted by molar-refractivity contribution is -0.118. The Balaban J connectivity index is 2.27. The van der Waals surface area contributed by atoms with E-state index in [0.717, 1.165) is 23.4 Å². The highest BCUT2D eigenvalue weighted by molar-refractivity contribution is 5.97. The van der Waals surface area contributed by atoms with Crippen molar-refractivity contribution in [2.24, 2.45) is 0 Å². The van der Waals surface area contributed by atoms with Gasteiger partial charge in [-0.1, -0.05) is 24.3 Å². The van der Waals surface area contributed by atoms with E-state index in [0.29, 0.717) is 19.6 Å². The van der Waals surface area contributed by atoms with Gasteiger partial charge in [0.15, 0.2) is 0 Å². The van der Waals surface area contributed by atoms with E-state index in [-0.39, 0.29) is 5.91 Å². The number of benzene rings is 1. The smallest absolute Gasteiger partial charge is 0.231 e. The van der Waals surface area contributed by atoms with Crippen LogP contribution in [0.1, 0.15) is 19.8 Å². The topological polar surface area (TPSA) is 29.5 Å². The maximum atomic E-state index is 12.0. The standard InChI is InChI=1S/C14H17NO2/c1-3-17-13-7-5-4-6-12(13)15-9-8-11(2)10-14(15)16/h4-7H,2-3,8-10H2,1H3. The highest BCUT2D eigenvalue weighted by Gasteiger charge is 2.23. The summed E-state index contributed by atoms with van der Waals surface area (Å²) >= 11 is 0. The molecule has 1 aliphatic rings. The molecule has 1 amide bonds. The Labute approximate surface area is 102 Å². The summed E-state index contributed by atoms with van der Waals surface area (Å²) in [6.45, 7) is 7.11. The van der Waals surface area contributed by atoms with Crippen molar-refractivity contribution < 1.29 is 9.53 Å². The molecule has 0 aromatic heterocycles. The molecular weight excluding hydrogens is 214 g/mol. The molecule has 0 radical (unpaired) electrons. The van der Waals surface area contributed by atoms with Gasteiger partial charge >= 0.3 is 0 Å². The number of hydrogen-bond donors (Lipinski definition) is 0. The van der Waals surface area contributed by atoms with E-state index in [1.165, 1.54) is 0 Å². The second-order valence-corrected chi connectivity index (χ2v) is 4.12. The maximum absolute atomic E-state index is 12.0. The average molecular weight is 231 g/mol. The second kappa shape index (κ2) is 5.04. The predicted octanol–water partition coefficient (Wildman–Crippen LogP) is 2.77. The van der Waals surface area contributed by atoms with Crippen molar-refractivity contribution in [3.63, 3.8) is 0 Å². The Bertz CT molecular complexity index is 440. The Kier molecular flexibility index (Phi) is 3.47. The van der Waals surface area contributed by atoms with Crippen LogP contribution in [0.15, 0.2) is 36.4 Å². The lowest BCUT2D eigenvalue weighted by Gasteiger charge is -2.29. The van der Waals surface area contributed by atoms with Crippen molar-refractivity contribution in [1.29, 1.82) is 0 Å². The van der Waals surface area contributed by atoms with Crippen LogP contribution in [0.25, 0.3) is 0 Å². The summed E-state index contributed by atoms with van der Waals surface area (Å²) in [6, 6.07) is 7.67. The number of ether oxygens (including phenoxy) is 1. The van der Waals surface area contributed by atoms with Crippen LogP contribution in [-0.2, 0) is 4.79 Å². The molecule has 0 spiro atoms. The minimum Gasteiger partial charge on any atom is -0.492 e. The van der Waals surface area contributed by atoms with E-state index in [1.807, 2.05) is 31.2 Å². The molecule has 1 aromatic rings. The Morgan fingerprint density at radius 1 is 1.41 bits per heavy atom. The van der Waals surface area contributed by atoms with Crippen LogP contribution in [0, 0.1) is 0 Å². The summed E-state index contributed by atoms with van der Waals surface area (Å²) in [7, 11) is 0. The van der Waals surface area contributed by atoms with E-state index in [4.69, 9.17) is 4.74 Å². The van der Waals surface area contributed by atoms with E-state index < -0.39 is 0 Å². The van der Waals surface area contributed by atoms with Gasteiger partial charge in [-0.3, -0.25) is 4.79 Å². The molecule has 0 atom stereocenters. The third-order valence-corrected chi connectivity index (χ3v) is 2.85. The third-order valence-electron chi connectivity index (χ3n) is 2.85. The SMILES string of the molecule is C=C1CCN(c2ccccc2OCC)C(=O)C1. The molecule has 0 N–H and O–H groups in total. The molecule has 0 unspecified atom stereocenters. The number of para-hydroxylation sites is 2. The van der Waals surface area contributed by atoms with Crippen LogP contribution in [0.5, 0.6) is 5.75 Å². The number of piperidine rings is 1. The van der Waals surface area contributed by atoms with E-state index in [1.54, 1.807) is 4.90 Å². The van der Waals surface area contributed by atoms with Gasteiger partial charge in [-0.25, -0.2) is 0 Å². The highest BCUT2D eigenvalue weighted by Crippen LogP contribution is 2.31. The van der Waals surface area contributed by atoms with Crippen LogP contribution in [0.2, 0.25) is 0 Å². The third kappa shape index (κ3) is 2.49. The molecule has 1 heterocycles. The quantitative estimate of drug-likeness (QED) is 0.749. The molecule has 3 nitrogen and oxygen atoms in total. The van der Waals surface area contributed by atoms with Gasteiger partial charge < -0.3 is 9.64 Å². The molecule has 90 valence electrons. The number of amides is 1. The molecule has 1 fully saturated rings. The first-order valence-corrected chi connectivity index (χ1v) is 5.91. The fraction of sp³-hybridized carbons (Fsp3) is 0.357. The molecule has 3 heteroatoms. The minimum atomic E-state index is 0.105. The number of nitrogens with zero attached hydrogens (tertiary/aromatic N) is 1. The molecule has 0 aliphatic carbocycles. The second-order valence-electron chi connectivity index (χ2n) is 4.12. The lowest BCUT2D eigenvalue weighted by atomic mass is 10.0. The molecule has 1 aromatic carbocycles. The van der Waals surface area contributed by atoms with Crippen LogP contribution in [0.4, 0.5) is 5.69 Å². The van der Waals surface area contributed by atoms with Gasteiger partial charge in [0.25, 0.3) is 0 Å². The van der Waals surface area contributed by atoms with Gasteiger partial charge in [0.1, 0.15) is 5.75 Å². The van der Waals surface area contributed by atoms with Gasteiger partial charge in [0, 0.05) is 13.0 Å². The lowest BCUT2D eigenvalue weighted by Crippen LogP contribution is -2.36. The molecular formula is C14H17NO2. The summed E-state index contributed by atoms with van der Waals surface area (Å²) in [6.07, 6.45) is 1.31. The first-order valence-electron chi connectivity index (χ1n) is 5.91. The normalized spacial score (nSPS) is 16.2. The number of hydrogen-bond acceptors (Lipinski definition) is 2. The van der Waals surface area contributed by atoms with E-state index in [9.17, 15) is 4.79 Å².